The van der Waals surface area contributed by atoms with Gasteiger partial charge < -0.3 is 10.4 Å². The molecule has 7 nitrogen and oxygen atoms in total. The van der Waals surface area contributed by atoms with Crippen LogP contribution in [0, 0.1) is 0 Å². The Hall–Kier alpha value is -3.91. The largest absolute Gasteiger partial charge is 0.478 e. The molecule has 3 aromatic carbocycles. The summed E-state index contributed by atoms with van der Waals surface area (Å²) in [5.74, 6) is -1.56. The predicted octanol–water partition coefficient (Wildman–Crippen LogP) is 4.55. The van der Waals surface area contributed by atoms with Gasteiger partial charge in [0, 0.05) is 12.1 Å². The van der Waals surface area contributed by atoms with Gasteiger partial charge in [-0.25, -0.2) is 9.79 Å². The third-order valence-electron chi connectivity index (χ3n) is 5.00. The molecule has 1 aliphatic rings. The monoisotopic (exact) mass is 459 g/mol. The number of thioether (sulfide) groups is 1. The molecule has 0 radical (unpaired) electrons. The molecule has 2 amide bonds. The number of hydrogen-bond acceptors (Lipinski definition) is 5. The minimum Gasteiger partial charge on any atom is -0.478 e. The molecule has 1 fully saturated rings. The lowest BCUT2D eigenvalue weighted by Crippen LogP contribution is -2.44. The van der Waals surface area contributed by atoms with Crippen LogP contribution in [0.3, 0.4) is 0 Å². The highest BCUT2D eigenvalue weighted by atomic mass is 32.2. The van der Waals surface area contributed by atoms with Gasteiger partial charge in [-0.1, -0.05) is 60.3 Å². The molecule has 166 valence electrons. The van der Waals surface area contributed by atoms with Gasteiger partial charge >= 0.3 is 5.97 Å². The minimum absolute atomic E-state index is 0.0321. The second-order valence-electron chi connectivity index (χ2n) is 7.38. The summed E-state index contributed by atoms with van der Waals surface area (Å²) in [6.07, 6.45) is 0.0321. The molecular weight excluding hydrogens is 438 g/mol. The normalized spacial score (nSPS) is 17.1. The summed E-state index contributed by atoms with van der Waals surface area (Å²) in [7, 11) is 0. The van der Waals surface area contributed by atoms with Crippen molar-refractivity contribution in [3.8, 4) is 0 Å². The van der Waals surface area contributed by atoms with Gasteiger partial charge in [0.25, 0.3) is 0 Å². The van der Waals surface area contributed by atoms with Crippen LogP contribution < -0.4 is 5.32 Å². The molecule has 3 aromatic rings. The second kappa shape index (κ2) is 10.1. The van der Waals surface area contributed by atoms with Gasteiger partial charge in [-0.3, -0.25) is 14.5 Å². The zero-order valence-corrected chi connectivity index (χ0v) is 18.4. The zero-order chi connectivity index (χ0) is 23.2. The summed E-state index contributed by atoms with van der Waals surface area (Å²) in [6, 6.07) is 24.8. The van der Waals surface area contributed by atoms with E-state index in [-0.39, 0.29) is 23.8 Å². The molecule has 2 N–H and O–H groups in total. The fraction of sp³-hybridized carbons (Fsp3) is 0.120. The van der Waals surface area contributed by atoms with Crippen LogP contribution in [0.25, 0.3) is 0 Å². The van der Waals surface area contributed by atoms with Gasteiger partial charge in [0.2, 0.25) is 11.8 Å². The molecule has 1 heterocycles. The van der Waals surface area contributed by atoms with E-state index >= 15 is 0 Å². The Bertz CT molecular complexity index is 1180. The summed E-state index contributed by atoms with van der Waals surface area (Å²) in [5, 5.41) is 11.6. The van der Waals surface area contributed by atoms with Crippen molar-refractivity contribution < 1.29 is 19.5 Å². The number of rotatable bonds is 6. The number of amides is 2. The standard InChI is InChI=1S/C25H21N3O4S/c29-22-15-21(23(30)26-20-13-11-18(12-14-20)24(31)32)33-25(27-19-9-5-2-6-10-19)28(22)16-17-7-3-1-4-8-17/h1-14,21H,15-16H2,(H,26,30)(H,31,32). The Balaban J connectivity index is 1.55. The first kappa shape index (κ1) is 22.3. The van der Waals surface area contributed by atoms with Gasteiger partial charge in [-0.05, 0) is 42.0 Å². The first-order valence-corrected chi connectivity index (χ1v) is 11.2. The third kappa shape index (κ3) is 5.67. The number of aliphatic imine (C=N–C) groups is 1. The molecule has 1 unspecified atom stereocenters. The number of carboxylic acid groups (broad SMARTS) is 1. The smallest absolute Gasteiger partial charge is 0.335 e. The molecule has 4 rings (SSSR count). The number of carboxylic acids is 1. The van der Waals surface area contributed by atoms with E-state index < -0.39 is 11.2 Å². The molecule has 1 saturated heterocycles. The number of amidine groups is 1. The van der Waals surface area contributed by atoms with Crippen LogP contribution in [0.5, 0.6) is 0 Å². The van der Waals surface area contributed by atoms with Gasteiger partial charge in [0.1, 0.15) is 5.25 Å². The van der Waals surface area contributed by atoms with E-state index in [1.165, 1.54) is 36.0 Å². The highest BCUT2D eigenvalue weighted by molar-refractivity contribution is 8.15. The van der Waals surface area contributed by atoms with E-state index in [2.05, 4.69) is 10.3 Å². The Morgan fingerprint density at radius 3 is 2.24 bits per heavy atom. The first-order chi connectivity index (χ1) is 16.0. The maximum Gasteiger partial charge on any atom is 0.335 e. The SMILES string of the molecule is O=C(O)c1ccc(NC(=O)C2CC(=O)N(Cc3ccccc3)C(=Nc3ccccc3)S2)cc1. The van der Waals surface area contributed by atoms with Gasteiger partial charge in [0.05, 0.1) is 17.8 Å². The number of para-hydroxylation sites is 1. The Labute approximate surface area is 195 Å². The molecule has 33 heavy (non-hydrogen) atoms. The number of anilines is 1. The van der Waals surface area contributed by atoms with Crippen LogP contribution in [-0.4, -0.2) is 38.2 Å². The van der Waals surface area contributed by atoms with Crippen LogP contribution in [0.4, 0.5) is 11.4 Å². The summed E-state index contributed by atoms with van der Waals surface area (Å²) in [5.41, 5.74) is 2.25. The number of nitrogens with zero attached hydrogens (tertiary/aromatic N) is 2. The van der Waals surface area contributed by atoms with Crippen molar-refractivity contribution in [3.63, 3.8) is 0 Å². The number of hydrogen-bond donors (Lipinski definition) is 2. The minimum atomic E-state index is -1.04. The molecule has 0 spiro atoms. The van der Waals surface area contributed by atoms with Crippen molar-refractivity contribution in [2.75, 3.05) is 5.32 Å². The van der Waals surface area contributed by atoms with E-state index in [1.807, 2.05) is 60.7 Å². The van der Waals surface area contributed by atoms with Crippen molar-refractivity contribution in [1.82, 2.24) is 4.90 Å². The average Bonchev–Trinajstić information content (AvgIpc) is 2.82. The van der Waals surface area contributed by atoms with Crippen LogP contribution in [0.15, 0.2) is 89.9 Å². The second-order valence-corrected chi connectivity index (χ2v) is 8.55. The van der Waals surface area contributed by atoms with Crippen molar-refractivity contribution in [2.24, 2.45) is 4.99 Å². The van der Waals surface area contributed by atoms with E-state index in [1.54, 1.807) is 4.90 Å². The van der Waals surface area contributed by atoms with E-state index in [9.17, 15) is 14.4 Å². The number of carbonyl (C=O) groups excluding carboxylic acids is 2. The van der Waals surface area contributed by atoms with E-state index in [0.29, 0.717) is 23.1 Å². The lowest BCUT2D eigenvalue weighted by atomic mass is 10.2. The number of benzene rings is 3. The van der Waals surface area contributed by atoms with E-state index in [0.717, 1.165) is 5.56 Å². The molecule has 1 aliphatic heterocycles. The maximum atomic E-state index is 13.1. The van der Waals surface area contributed by atoms with Gasteiger partial charge in [-0.15, -0.1) is 0 Å². The van der Waals surface area contributed by atoms with Crippen molar-refractivity contribution >= 4 is 46.1 Å². The maximum absolute atomic E-state index is 13.1. The quantitative estimate of drug-likeness (QED) is 0.564. The van der Waals surface area contributed by atoms with E-state index in [4.69, 9.17) is 5.11 Å². The summed E-state index contributed by atoms with van der Waals surface area (Å²) in [6.45, 7) is 0.364. The molecule has 0 saturated carbocycles. The number of nitrogens with one attached hydrogen (secondary N) is 1. The zero-order valence-electron chi connectivity index (χ0n) is 17.5. The van der Waals surface area contributed by atoms with Crippen molar-refractivity contribution in [1.29, 1.82) is 0 Å². The topological polar surface area (TPSA) is 99.1 Å². The Morgan fingerprint density at radius 1 is 0.970 bits per heavy atom. The van der Waals surface area contributed by atoms with Crippen LogP contribution in [0.1, 0.15) is 22.3 Å². The van der Waals surface area contributed by atoms with Gasteiger partial charge in [0.15, 0.2) is 5.17 Å². The fourth-order valence-corrected chi connectivity index (χ4v) is 4.39. The summed E-state index contributed by atoms with van der Waals surface area (Å²) < 4.78 is 0. The van der Waals surface area contributed by atoms with Crippen LogP contribution >= 0.6 is 11.8 Å². The summed E-state index contributed by atoms with van der Waals surface area (Å²) >= 11 is 1.24. The average molecular weight is 460 g/mol. The lowest BCUT2D eigenvalue weighted by Gasteiger charge is -2.32. The predicted molar refractivity (Wildman–Crippen MR) is 129 cm³/mol. The number of carbonyl (C=O) groups is 3. The molecule has 0 aromatic heterocycles. The highest BCUT2D eigenvalue weighted by Crippen LogP contribution is 2.31. The Kier molecular flexibility index (Phi) is 6.85. The first-order valence-electron chi connectivity index (χ1n) is 10.3. The third-order valence-corrected chi connectivity index (χ3v) is 6.18. The molecule has 1 atom stereocenters. The Morgan fingerprint density at radius 2 is 1.61 bits per heavy atom. The summed E-state index contributed by atoms with van der Waals surface area (Å²) in [4.78, 5) is 43.3. The van der Waals surface area contributed by atoms with Crippen molar-refractivity contribution in [3.05, 3.63) is 96.1 Å². The molecule has 8 heteroatoms. The van der Waals surface area contributed by atoms with Crippen LogP contribution in [-0.2, 0) is 16.1 Å². The van der Waals surface area contributed by atoms with Gasteiger partial charge in [-0.2, -0.15) is 0 Å². The fourth-order valence-electron chi connectivity index (χ4n) is 3.29. The molecular formula is C25H21N3O4S. The van der Waals surface area contributed by atoms with Crippen molar-refractivity contribution in [2.45, 2.75) is 18.2 Å². The molecule has 0 bridgehead atoms. The lowest BCUT2D eigenvalue weighted by molar-refractivity contribution is -0.129. The van der Waals surface area contributed by atoms with Crippen LogP contribution in [0.2, 0.25) is 0 Å². The number of aromatic carboxylic acids is 1. The highest BCUT2D eigenvalue weighted by Gasteiger charge is 2.36. The molecule has 0 aliphatic carbocycles.